The Hall–Kier alpha value is -3.88. The molecule has 2 N–H and O–H groups in total. The summed E-state index contributed by atoms with van der Waals surface area (Å²) in [5.41, 5.74) is 5.92. The lowest BCUT2D eigenvalue weighted by atomic mass is 10.2. The predicted molar refractivity (Wildman–Crippen MR) is 211 cm³/mol. The zero-order chi connectivity index (χ0) is 34.1. The van der Waals surface area contributed by atoms with Crippen LogP contribution in [0.5, 0.6) is 0 Å². The van der Waals surface area contributed by atoms with Crippen molar-refractivity contribution in [1.82, 2.24) is 0 Å². The number of benzene rings is 4. The van der Waals surface area contributed by atoms with Gasteiger partial charge in [-0.05, 0) is 125 Å². The molecule has 4 aromatic carbocycles. The maximum absolute atomic E-state index is 13.1. The van der Waals surface area contributed by atoms with Gasteiger partial charge in [-0.15, -0.1) is 0 Å². The monoisotopic (exact) mass is 682 g/mol. The Labute approximate surface area is 296 Å². The van der Waals surface area contributed by atoms with Crippen LogP contribution in [0.4, 0.5) is 34.1 Å². The summed E-state index contributed by atoms with van der Waals surface area (Å²) in [6, 6.07) is 36.5. The number of unbranched alkanes of at least 4 members (excludes halogenated alkanes) is 3. The van der Waals surface area contributed by atoms with Crippen LogP contribution in [0.2, 0.25) is 0 Å². The highest BCUT2D eigenvalue weighted by atomic mass is 32.2. The topological polar surface area (TPSA) is 64.7 Å². The maximum Gasteiger partial charge on any atom is 0.237 e. The van der Waals surface area contributed by atoms with Crippen molar-refractivity contribution in [3.05, 3.63) is 109 Å². The molecule has 0 spiro atoms. The first-order valence-electron chi connectivity index (χ1n) is 17.0. The fraction of sp³-hybridized carbons (Fsp3) is 0.350. The Morgan fingerprint density at radius 3 is 1.17 bits per heavy atom. The third kappa shape index (κ3) is 12.0. The number of nitrogens with one attached hydrogen (secondary N) is 2. The van der Waals surface area contributed by atoms with Crippen molar-refractivity contribution in [3.63, 3.8) is 0 Å². The first-order valence-corrected chi connectivity index (χ1v) is 19.3. The van der Waals surface area contributed by atoms with Crippen LogP contribution in [-0.4, -0.2) is 46.9 Å². The minimum Gasteiger partial charge on any atom is -0.356 e. The Bertz CT molecular complexity index is 1400. The van der Waals surface area contributed by atoms with Crippen molar-refractivity contribution in [3.8, 4) is 0 Å². The third-order valence-corrected chi connectivity index (χ3v) is 9.82. The fourth-order valence-electron chi connectivity index (χ4n) is 5.47. The summed E-state index contributed by atoms with van der Waals surface area (Å²) < 4.78 is 0. The van der Waals surface area contributed by atoms with Crippen molar-refractivity contribution in [1.29, 1.82) is 0 Å². The van der Waals surface area contributed by atoms with Crippen LogP contribution in [0.1, 0.15) is 53.4 Å². The molecule has 4 rings (SSSR count). The summed E-state index contributed by atoms with van der Waals surface area (Å²) >= 11 is 3.44. The van der Waals surface area contributed by atoms with Crippen molar-refractivity contribution in [2.45, 2.75) is 65.5 Å². The normalized spacial score (nSPS) is 11.0. The number of anilines is 6. The van der Waals surface area contributed by atoms with Gasteiger partial charge < -0.3 is 20.4 Å². The van der Waals surface area contributed by atoms with E-state index in [0.717, 1.165) is 71.3 Å². The summed E-state index contributed by atoms with van der Waals surface area (Å²) in [6.07, 6.45) is 4.47. The molecule has 0 aliphatic carbocycles. The number of amides is 2. The molecular weight excluding hydrogens is 633 g/mol. The lowest BCUT2D eigenvalue weighted by Crippen LogP contribution is -2.38. The average molecular weight is 683 g/mol. The molecule has 0 aliphatic heterocycles. The minimum absolute atomic E-state index is 0.0887. The summed E-state index contributed by atoms with van der Waals surface area (Å²) in [5, 5.41) is 6.79. The van der Waals surface area contributed by atoms with Gasteiger partial charge in [0.15, 0.2) is 0 Å². The molecule has 0 saturated carbocycles. The predicted octanol–water partition coefficient (Wildman–Crippen LogP) is 10.4. The number of hydrogen-bond acceptors (Lipinski definition) is 6. The van der Waals surface area contributed by atoms with Gasteiger partial charge in [-0.3, -0.25) is 9.59 Å². The molecule has 2 amide bonds. The number of thioether (sulfide) groups is 2. The van der Waals surface area contributed by atoms with Crippen molar-refractivity contribution >= 4 is 69.5 Å². The molecule has 6 nitrogen and oxygen atoms in total. The second-order valence-corrected chi connectivity index (χ2v) is 14.5. The minimum atomic E-state index is 0.0887. The number of nitrogens with zero attached hydrogens (tertiary/aromatic N) is 2. The first-order chi connectivity index (χ1) is 23.3. The zero-order valence-corrected chi connectivity index (χ0v) is 30.4. The molecule has 48 heavy (non-hydrogen) atoms. The largest absolute Gasteiger partial charge is 0.356 e. The van der Waals surface area contributed by atoms with Crippen LogP contribution in [0.15, 0.2) is 109 Å². The average Bonchev–Trinajstić information content (AvgIpc) is 3.08. The van der Waals surface area contributed by atoms with E-state index in [1.54, 1.807) is 23.5 Å². The first kappa shape index (κ1) is 36.9. The Kier molecular flexibility index (Phi) is 15.3. The zero-order valence-electron chi connectivity index (χ0n) is 28.7. The van der Waals surface area contributed by atoms with E-state index in [1.165, 1.54) is 0 Å². The van der Waals surface area contributed by atoms with Crippen LogP contribution in [0.3, 0.4) is 0 Å². The van der Waals surface area contributed by atoms with E-state index in [1.807, 2.05) is 119 Å². The van der Waals surface area contributed by atoms with E-state index >= 15 is 0 Å². The quantitative estimate of drug-likeness (QED) is 0.0960. The molecule has 8 heteroatoms. The van der Waals surface area contributed by atoms with Crippen molar-refractivity contribution < 1.29 is 9.59 Å². The SMILES string of the molecule is CC(C)N(C(=O)CSCCCCCCSCC(=O)N(c1ccc(Nc2ccccc2)cc1)C(C)C)c1ccc(Nc2ccccc2)cc1. The summed E-state index contributed by atoms with van der Waals surface area (Å²) in [5.74, 6) is 3.22. The number of rotatable bonds is 19. The van der Waals surface area contributed by atoms with Crippen molar-refractivity contribution in [2.75, 3.05) is 43.4 Å². The van der Waals surface area contributed by atoms with E-state index in [-0.39, 0.29) is 23.9 Å². The highest BCUT2D eigenvalue weighted by Crippen LogP contribution is 2.25. The Balaban J connectivity index is 1.09. The second-order valence-electron chi connectivity index (χ2n) is 12.3. The summed E-state index contributed by atoms with van der Waals surface area (Å²) in [6.45, 7) is 8.25. The molecule has 254 valence electrons. The van der Waals surface area contributed by atoms with Gasteiger partial charge in [0.2, 0.25) is 11.8 Å². The molecule has 0 unspecified atom stereocenters. The van der Waals surface area contributed by atoms with Gasteiger partial charge in [-0.25, -0.2) is 0 Å². The molecule has 0 aliphatic rings. The van der Waals surface area contributed by atoms with Crippen LogP contribution in [-0.2, 0) is 9.59 Å². The molecule has 0 saturated heterocycles. The molecule has 0 aromatic heterocycles. The standard InChI is InChI=1S/C40H50N4O2S2/c1-31(2)43(37-23-19-35(20-24-37)41-33-15-9-7-10-16-33)39(45)29-47-27-13-5-6-14-28-48-30-40(46)44(32(3)4)38-25-21-36(22-26-38)42-34-17-11-8-12-18-34/h7-12,15-26,31-32,41-42H,5-6,13-14,27-30H2,1-4H3. The molecule has 0 heterocycles. The van der Waals surface area contributed by atoms with E-state index < -0.39 is 0 Å². The third-order valence-electron chi connectivity index (χ3n) is 7.76. The van der Waals surface area contributed by atoms with E-state index in [2.05, 4.69) is 38.3 Å². The molecule has 4 aromatic rings. The Morgan fingerprint density at radius 1 is 0.500 bits per heavy atom. The van der Waals surface area contributed by atoms with Crippen LogP contribution in [0, 0.1) is 0 Å². The van der Waals surface area contributed by atoms with Crippen LogP contribution >= 0.6 is 23.5 Å². The number of para-hydroxylation sites is 2. The lowest BCUT2D eigenvalue weighted by molar-refractivity contribution is -0.117. The van der Waals surface area contributed by atoms with E-state index in [4.69, 9.17) is 0 Å². The van der Waals surface area contributed by atoms with Crippen molar-refractivity contribution in [2.24, 2.45) is 0 Å². The van der Waals surface area contributed by atoms with Gasteiger partial charge in [0.25, 0.3) is 0 Å². The molecule has 0 bridgehead atoms. The number of carbonyl (C=O) groups excluding carboxylic acids is 2. The molecule has 0 atom stereocenters. The summed E-state index contributed by atoms with van der Waals surface area (Å²) in [4.78, 5) is 30.1. The van der Waals surface area contributed by atoms with Gasteiger partial charge >= 0.3 is 0 Å². The Morgan fingerprint density at radius 2 is 0.833 bits per heavy atom. The fourth-order valence-corrected chi connectivity index (χ4v) is 7.20. The van der Waals surface area contributed by atoms with Crippen LogP contribution < -0.4 is 20.4 Å². The number of hydrogen-bond donors (Lipinski definition) is 2. The smallest absolute Gasteiger partial charge is 0.237 e. The summed E-state index contributed by atoms with van der Waals surface area (Å²) in [7, 11) is 0. The van der Waals surface area contributed by atoms with E-state index in [0.29, 0.717) is 11.5 Å². The van der Waals surface area contributed by atoms with Gasteiger partial charge in [-0.1, -0.05) is 49.2 Å². The maximum atomic E-state index is 13.1. The molecule has 0 radical (unpaired) electrons. The highest BCUT2D eigenvalue weighted by molar-refractivity contribution is 8.00. The van der Waals surface area contributed by atoms with Gasteiger partial charge in [0.1, 0.15) is 0 Å². The molecular formula is C40H50N4O2S2. The van der Waals surface area contributed by atoms with E-state index in [9.17, 15) is 9.59 Å². The number of carbonyl (C=O) groups is 2. The lowest BCUT2D eigenvalue weighted by Gasteiger charge is -2.27. The van der Waals surface area contributed by atoms with Gasteiger partial charge in [-0.2, -0.15) is 23.5 Å². The molecule has 0 fully saturated rings. The highest BCUT2D eigenvalue weighted by Gasteiger charge is 2.20. The van der Waals surface area contributed by atoms with Gasteiger partial charge in [0.05, 0.1) is 11.5 Å². The second kappa shape index (κ2) is 19.8. The van der Waals surface area contributed by atoms with Gasteiger partial charge in [0, 0.05) is 46.2 Å². The van der Waals surface area contributed by atoms with Crippen LogP contribution in [0.25, 0.3) is 0 Å².